The first-order valence-corrected chi connectivity index (χ1v) is 8.56. The van der Waals surface area contributed by atoms with Crippen LogP contribution in [-0.4, -0.2) is 26.5 Å². The van der Waals surface area contributed by atoms with Crippen LogP contribution in [0.2, 0.25) is 0 Å². The summed E-state index contributed by atoms with van der Waals surface area (Å²) in [5.41, 5.74) is -0.110. The van der Waals surface area contributed by atoms with Gasteiger partial charge >= 0.3 is 5.69 Å². The van der Waals surface area contributed by atoms with Gasteiger partial charge in [0.2, 0.25) is 0 Å². The van der Waals surface area contributed by atoms with Gasteiger partial charge in [-0.15, -0.1) is 16.4 Å². The summed E-state index contributed by atoms with van der Waals surface area (Å²) in [6.45, 7) is 0.0962. The standard InChI is InChI=1S/C14H15N3O2S2/c18-8-2-1-3-11-6-7-12(21-11)9-20-14-16-15-13(19)17(14)10-4-5-10/h6-7,10,18H,2,4-5,8-9H2,(H,15,19). The predicted molar refractivity (Wildman–Crippen MR) is 83.6 cm³/mol. The van der Waals surface area contributed by atoms with Gasteiger partial charge in [0, 0.05) is 23.1 Å². The van der Waals surface area contributed by atoms with Gasteiger partial charge in [0.15, 0.2) is 5.16 Å². The second-order valence-electron chi connectivity index (χ2n) is 4.74. The lowest BCUT2D eigenvalue weighted by molar-refractivity contribution is 0.305. The molecular weight excluding hydrogens is 306 g/mol. The summed E-state index contributed by atoms with van der Waals surface area (Å²) in [5.74, 6) is 6.73. The van der Waals surface area contributed by atoms with Gasteiger partial charge in [-0.05, 0) is 25.0 Å². The maximum absolute atomic E-state index is 11.7. The van der Waals surface area contributed by atoms with E-state index in [1.165, 1.54) is 4.88 Å². The number of aliphatic hydroxyl groups excluding tert-OH is 1. The molecule has 7 heteroatoms. The molecule has 1 saturated carbocycles. The fourth-order valence-corrected chi connectivity index (χ4v) is 3.85. The van der Waals surface area contributed by atoms with Gasteiger partial charge in [-0.3, -0.25) is 4.57 Å². The van der Waals surface area contributed by atoms with Crippen LogP contribution in [0, 0.1) is 11.8 Å². The van der Waals surface area contributed by atoms with Gasteiger partial charge in [-0.2, -0.15) is 0 Å². The zero-order valence-electron chi connectivity index (χ0n) is 11.3. The van der Waals surface area contributed by atoms with Crippen LogP contribution in [0.3, 0.4) is 0 Å². The molecule has 2 aromatic heterocycles. The quantitative estimate of drug-likeness (QED) is 0.653. The molecule has 0 atom stereocenters. The highest BCUT2D eigenvalue weighted by atomic mass is 32.2. The number of hydrogen-bond acceptors (Lipinski definition) is 5. The van der Waals surface area contributed by atoms with Crippen LogP contribution in [0.15, 0.2) is 22.1 Å². The summed E-state index contributed by atoms with van der Waals surface area (Å²) in [7, 11) is 0. The summed E-state index contributed by atoms with van der Waals surface area (Å²) in [6.07, 6.45) is 2.64. The van der Waals surface area contributed by atoms with E-state index >= 15 is 0 Å². The van der Waals surface area contributed by atoms with E-state index < -0.39 is 0 Å². The van der Waals surface area contributed by atoms with E-state index in [-0.39, 0.29) is 12.3 Å². The SMILES string of the molecule is O=c1[nH]nc(SCc2ccc(C#CCCO)s2)n1C1CC1. The highest BCUT2D eigenvalue weighted by molar-refractivity contribution is 7.98. The molecule has 0 unspecified atom stereocenters. The molecule has 0 saturated heterocycles. The molecule has 0 amide bonds. The Morgan fingerprint density at radius 1 is 1.52 bits per heavy atom. The monoisotopic (exact) mass is 321 g/mol. The fraction of sp³-hybridized carbons (Fsp3) is 0.429. The summed E-state index contributed by atoms with van der Waals surface area (Å²) in [6, 6.07) is 4.37. The zero-order valence-corrected chi connectivity index (χ0v) is 13.0. The molecule has 0 spiro atoms. The third-order valence-electron chi connectivity index (χ3n) is 3.04. The van der Waals surface area contributed by atoms with Crippen molar-refractivity contribution in [2.24, 2.45) is 0 Å². The Labute approximate surface area is 130 Å². The third kappa shape index (κ3) is 3.59. The van der Waals surface area contributed by atoms with Crippen LogP contribution in [0.4, 0.5) is 0 Å². The van der Waals surface area contributed by atoms with E-state index in [0.29, 0.717) is 12.5 Å². The second-order valence-corrected chi connectivity index (χ2v) is 6.85. The van der Waals surface area contributed by atoms with Gasteiger partial charge in [0.25, 0.3) is 0 Å². The maximum atomic E-state index is 11.7. The smallest absolute Gasteiger partial charge is 0.344 e. The van der Waals surface area contributed by atoms with Crippen molar-refractivity contribution in [2.45, 2.75) is 36.2 Å². The molecule has 3 rings (SSSR count). The number of nitrogens with zero attached hydrogens (tertiary/aromatic N) is 2. The number of nitrogens with one attached hydrogen (secondary N) is 1. The average Bonchev–Trinajstić information content (AvgIpc) is 3.10. The Balaban J connectivity index is 1.63. The Bertz CT molecular complexity index is 731. The lowest BCUT2D eigenvalue weighted by Crippen LogP contribution is -2.16. The van der Waals surface area contributed by atoms with E-state index in [0.717, 1.165) is 28.6 Å². The molecule has 1 fully saturated rings. The second kappa shape index (κ2) is 6.52. The fourth-order valence-electron chi connectivity index (χ4n) is 1.91. The number of rotatable bonds is 5. The summed E-state index contributed by atoms with van der Waals surface area (Å²) < 4.78 is 1.76. The number of hydrogen-bond donors (Lipinski definition) is 2. The summed E-state index contributed by atoms with van der Waals surface area (Å²) in [4.78, 5) is 13.9. The molecule has 0 bridgehead atoms. The molecule has 2 aromatic rings. The van der Waals surface area contributed by atoms with Gasteiger partial charge < -0.3 is 5.11 Å². The summed E-state index contributed by atoms with van der Waals surface area (Å²) >= 11 is 3.21. The van der Waals surface area contributed by atoms with Gasteiger partial charge in [0.1, 0.15) is 0 Å². The van der Waals surface area contributed by atoms with Crippen molar-refractivity contribution >= 4 is 23.1 Å². The van der Waals surface area contributed by atoms with Crippen molar-refractivity contribution in [1.82, 2.24) is 14.8 Å². The number of thioether (sulfide) groups is 1. The number of aliphatic hydroxyl groups is 1. The van der Waals surface area contributed by atoms with Crippen LogP contribution in [0.25, 0.3) is 0 Å². The molecule has 1 aliphatic carbocycles. The van der Waals surface area contributed by atoms with Crippen LogP contribution < -0.4 is 5.69 Å². The largest absolute Gasteiger partial charge is 0.395 e. The Morgan fingerprint density at radius 3 is 3.14 bits per heavy atom. The van der Waals surface area contributed by atoms with E-state index in [2.05, 4.69) is 22.0 Å². The number of aromatic nitrogens is 3. The highest BCUT2D eigenvalue weighted by Gasteiger charge is 2.28. The van der Waals surface area contributed by atoms with Crippen molar-refractivity contribution in [3.63, 3.8) is 0 Å². The minimum Gasteiger partial charge on any atom is -0.395 e. The molecule has 2 N–H and O–H groups in total. The van der Waals surface area contributed by atoms with Crippen LogP contribution in [0.5, 0.6) is 0 Å². The Morgan fingerprint density at radius 2 is 2.38 bits per heavy atom. The van der Waals surface area contributed by atoms with E-state index in [9.17, 15) is 4.79 Å². The Kier molecular flexibility index (Phi) is 4.48. The zero-order chi connectivity index (χ0) is 14.7. The average molecular weight is 321 g/mol. The van der Waals surface area contributed by atoms with Gasteiger partial charge in [-0.1, -0.05) is 23.6 Å². The molecular formula is C14H15N3O2S2. The van der Waals surface area contributed by atoms with Crippen molar-refractivity contribution in [3.05, 3.63) is 32.4 Å². The first-order valence-electron chi connectivity index (χ1n) is 6.76. The van der Waals surface area contributed by atoms with Crippen molar-refractivity contribution in [1.29, 1.82) is 0 Å². The van der Waals surface area contributed by atoms with Crippen molar-refractivity contribution < 1.29 is 5.11 Å². The molecule has 0 aliphatic heterocycles. The van der Waals surface area contributed by atoms with E-state index in [1.54, 1.807) is 27.7 Å². The highest BCUT2D eigenvalue weighted by Crippen LogP contribution is 2.36. The van der Waals surface area contributed by atoms with Crippen LogP contribution in [-0.2, 0) is 5.75 Å². The Hall–Kier alpha value is -1.49. The van der Waals surface area contributed by atoms with Gasteiger partial charge in [0.05, 0.1) is 11.5 Å². The van der Waals surface area contributed by atoms with Crippen molar-refractivity contribution in [2.75, 3.05) is 6.61 Å². The molecule has 2 heterocycles. The van der Waals surface area contributed by atoms with E-state index in [4.69, 9.17) is 5.11 Å². The molecule has 0 radical (unpaired) electrons. The molecule has 1 aliphatic rings. The first-order chi connectivity index (χ1) is 10.3. The lowest BCUT2D eigenvalue weighted by Gasteiger charge is -2.01. The van der Waals surface area contributed by atoms with E-state index in [1.807, 2.05) is 12.1 Å². The van der Waals surface area contributed by atoms with Crippen LogP contribution >= 0.6 is 23.1 Å². The predicted octanol–water partition coefficient (Wildman–Crippen LogP) is 1.99. The van der Waals surface area contributed by atoms with Crippen LogP contribution in [0.1, 0.15) is 35.1 Å². The molecule has 0 aromatic carbocycles. The van der Waals surface area contributed by atoms with Crippen molar-refractivity contribution in [3.8, 4) is 11.8 Å². The normalized spacial score (nSPS) is 14.0. The number of thiophene rings is 1. The number of H-pyrrole nitrogens is 1. The lowest BCUT2D eigenvalue weighted by atomic mass is 10.4. The first kappa shape index (κ1) is 14.4. The topological polar surface area (TPSA) is 70.9 Å². The number of aromatic amines is 1. The molecule has 5 nitrogen and oxygen atoms in total. The third-order valence-corrected chi connectivity index (χ3v) is 5.22. The summed E-state index contributed by atoms with van der Waals surface area (Å²) in [5, 5.41) is 16.1. The molecule has 110 valence electrons. The maximum Gasteiger partial charge on any atom is 0.344 e. The minimum absolute atomic E-state index is 0.0962. The molecule has 21 heavy (non-hydrogen) atoms. The minimum atomic E-state index is -0.110. The van der Waals surface area contributed by atoms with Gasteiger partial charge in [-0.25, -0.2) is 9.89 Å².